The van der Waals surface area contributed by atoms with Gasteiger partial charge >= 0.3 is 6.03 Å². The number of ether oxygens (including phenoxy) is 1. The molecule has 8 heteroatoms. The molecule has 5 rings (SSSR count). The minimum absolute atomic E-state index is 0.0178. The summed E-state index contributed by atoms with van der Waals surface area (Å²) in [7, 11) is 0. The first-order valence-electron chi connectivity index (χ1n) is 11.9. The van der Waals surface area contributed by atoms with E-state index in [9.17, 15) is 18.8 Å². The van der Waals surface area contributed by atoms with Crippen molar-refractivity contribution in [3.8, 4) is 0 Å². The van der Waals surface area contributed by atoms with Crippen LogP contribution in [0.1, 0.15) is 31.2 Å². The third kappa shape index (κ3) is 4.30. The number of nitrogens with one attached hydrogen (secondary N) is 1. The Hall–Kier alpha value is -3.26. The fourth-order valence-corrected chi connectivity index (χ4v) is 5.48. The lowest BCUT2D eigenvalue weighted by Crippen LogP contribution is -2.65. The summed E-state index contributed by atoms with van der Waals surface area (Å²) >= 11 is 0. The molecule has 3 aliphatic rings. The third-order valence-electron chi connectivity index (χ3n) is 7.10. The van der Waals surface area contributed by atoms with E-state index in [2.05, 4.69) is 5.32 Å². The predicted octanol–water partition coefficient (Wildman–Crippen LogP) is 3.60. The Kier molecular flexibility index (Phi) is 6.32. The Bertz CT molecular complexity index is 1080. The van der Waals surface area contributed by atoms with Gasteiger partial charge < -0.3 is 15.0 Å². The molecular formula is C26H28FN3O4. The molecule has 1 N–H and O–H groups in total. The molecule has 7 nitrogen and oxygen atoms in total. The summed E-state index contributed by atoms with van der Waals surface area (Å²) in [4.78, 5) is 42.5. The van der Waals surface area contributed by atoms with Crippen LogP contribution in [0.3, 0.4) is 0 Å². The number of fused-ring (bicyclic) bond motifs is 3. The fraction of sp³-hybridized carbons (Fsp3) is 0.423. The van der Waals surface area contributed by atoms with Crippen molar-refractivity contribution in [1.29, 1.82) is 0 Å². The van der Waals surface area contributed by atoms with E-state index in [0.717, 1.165) is 31.2 Å². The van der Waals surface area contributed by atoms with E-state index in [1.807, 2.05) is 30.3 Å². The molecule has 34 heavy (non-hydrogen) atoms. The van der Waals surface area contributed by atoms with Crippen LogP contribution in [0.25, 0.3) is 0 Å². The van der Waals surface area contributed by atoms with Crippen LogP contribution in [-0.4, -0.2) is 59.0 Å². The van der Waals surface area contributed by atoms with Crippen molar-refractivity contribution in [3.63, 3.8) is 0 Å². The van der Waals surface area contributed by atoms with E-state index in [1.165, 1.54) is 21.9 Å². The average Bonchev–Trinajstić information content (AvgIpc) is 3.24. The van der Waals surface area contributed by atoms with Gasteiger partial charge in [0, 0.05) is 12.5 Å². The fourth-order valence-electron chi connectivity index (χ4n) is 5.48. The molecule has 0 radical (unpaired) electrons. The number of carbonyl (C=O) groups is 3. The number of anilines is 1. The van der Waals surface area contributed by atoms with E-state index in [-0.39, 0.29) is 36.7 Å². The maximum atomic E-state index is 14.0. The molecule has 0 spiro atoms. The van der Waals surface area contributed by atoms with Crippen molar-refractivity contribution in [1.82, 2.24) is 9.80 Å². The van der Waals surface area contributed by atoms with Gasteiger partial charge in [-0.2, -0.15) is 0 Å². The summed E-state index contributed by atoms with van der Waals surface area (Å²) in [5.74, 6) is -1.36. The van der Waals surface area contributed by atoms with Gasteiger partial charge in [-0.25, -0.2) is 9.18 Å². The maximum absolute atomic E-state index is 14.0. The second kappa shape index (κ2) is 9.54. The van der Waals surface area contributed by atoms with Gasteiger partial charge in [0.05, 0.1) is 17.8 Å². The van der Waals surface area contributed by atoms with Gasteiger partial charge in [0.15, 0.2) is 6.10 Å². The quantitative estimate of drug-likeness (QED) is 0.707. The number of rotatable bonds is 6. The van der Waals surface area contributed by atoms with Gasteiger partial charge in [-0.15, -0.1) is 0 Å². The highest BCUT2D eigenvalue weighted by molar-refractivity contribution is 6.02. The number of benzene rings is 2. The van der Waals surface area contributed by atoms with Crippen molar-refractivity contribution >= 4 is 23.5 Å². The monoisotopic (exact) mass is 465 g/mol. The van der Waals surface area contributed by atoms with Gasteiger partial charge in [-0.1, -0.05) is 55.3 Å². The number of carbonyl (C=O) groups excluding carboxylic acids is 3. The van der Waals surface area contributed by atoms with Gasteiger partial charge in [-0.3, -0.25) is 14.5 Å². The van der Waals surface area contributed by atoms with Crippen LogP contribution in [0.15, 0.2) is 54.6 Å². The minimum atomic E-state index is -0.775. The predicted molar refractivity (Wildman–Crippen MR) is 123 cm³/mol. The Morgan fingerprint density at radius 2 is 1.76 bits per heavy atom. The van der Waals surface area contributed by atoms with Gasteiger partial charge in [0.1, 0.15) is 12.4 Å². The standard InChI is InChI=1S/C26H28FN3O4/c27-19-11-5-6-12-20(19)28-22(31)16-30-23-18-10-4-7-13-21(18)34-24(23)25(32)29(26(30)33)15-14-17-8-2-1-3-9-17/h1-3,5-6,8-9,11-12,18,21,23-24H,4,7,10,13-16H2,(H,28,31). The second-order valence-electron chi connectivity index (χ2n) is 9.20. The Balaban J connectivity index is 1.38. The van der Waals surface area contributed by atoms with E-state index >= 15 is 0 Å². The van der Waals surface area contributed by atoms with Crippen LogP contribution < -0.4 is 5.32 Å². The highest BCUT2D eigenvalue weighted by Gasteiger charge is 2.57. The Morgan fingerprint density at radius 1 is 1.03 bits per heavy atom. The molecule has 0 bridgehead atoms. The molecule has 4 amide bonds. The van der Waals surface area contributed by atoms with Gasteiger partial charge in [0.2, 0.25) is 5.91 Å². The molecule has 2 aromatic rings. The number of nitrogens with zero attached hydrogens (tertiary/aromatic N) is 2. The molecule has 2 saturated heterocycles. The zero-order chi connectivity index (χ0) is 23.7. The van der Waals surface area contributed by atoms with Gasteiger partial charge in [-0.05, 0) is 37.0 Å². The zero-order valence-corrected chi connectivity index (χ0v) is 18.9. The highest BCUT2D eigenvalue weighted by Crippen LogP contribution is 2.43. The first kappa shape index (κ1) is 22.5. The number of halogens is 1. The number of urea groups is 1. The molecule has 2 aliphatic heterocycles. The Morgan fingerprint density at radius 3 is 2.56 bits per heavy atom. The van der Waals surface area contributed by atoms with Crippen LogP contribution in [0.5, 0.6) is 0 Å². The molecule has 4 unspecified atom stereocenters. The molecule has 178 valence electrons. The van der Waals surface area contributed by atoms with Crippen LogP contribution in [0.2, 0.25) is 0 Å². The van der Waals surface area contributed by atoms with Gasteiger partial charge in [0.25, 0.3) is 5.91 Å². The lowest BCUT2D eigenvalue weighted by molar-refractivity contribution is -0.147. The van der Waals surface area contributed by atoms with E-state index < -0.39 is 29.9 Å². The lowest BCUT2D eigenvalue weighted by atomic mass is 9.81. The zero-order valence-electron chi connectivity index (χ0n) is 18.9. The summed E-state index contributed by atoms with van der Waals surface area (Å²) < 4.78 is 20.2. The number of imide groups is 1. The van der Waals surface area contributed by atoms with Crippen LogP contribution in [0, 0.1) is 11.7 Å². The van der Waals surface area contributed by atoms with Crippen molar-refractivity contribution in [3.05, 3.63) is 66.0 Å². The molecule has 0 aromatic heterocycles. The van der Waals surface area contributed by atoms with Crippen LogP contribution in [-0.2, 0) is 20.7 Å². The SMILES string of the molecule is O=C(CN1C(=O)N(CCc2ccccc2)C(=O)C2OC3CCCCC3C21)Nc1ccccc1F. The smallest absolute Gasteiger partial charge is 0.327 e. The number of para-hydroxylation sites is 1. The molecule has 4 atom stereocenters. The third-order valence-corrected chi connectivity index (χ3v) is 7.10. The molecule has 1 aliphatic carbocycles. The average molecular weight is 466 g/mol. The second-order valence-corrected chi connectivity index (χ2v) is 9.20. The molecule has 2 aromatic carbocycles. The van der Waals surface area contributed by atoms with E-state index in [4.69, 9.17) is 4.74 Å². The summed E-state index contributed by atoms with van der Waals surface area (Å²) in [6.07, 6.45) is 3.37. The topological polar surface area (TPSA) is 79.0 Å². The molecule has 3 fully saturated rings. The summed E-state index contributed by atoms with van der Waals surface area (Å²) in [6.45, 7) is -0.0644. The molecule has 1 saturated carbocycles. The molecule has 2 heterocycles. The lowest BCUT2D eigenvalue weighted by Gasteiger charge is -2.43. The Labute approximate surface area is 197 Å². The summed E-state index contributed by atoms with van der Waals surface area (Å²) in [5.41, 5.74) is 1.07. The first-order valence-corrected chi connectivity index (χ1v) is 11.9. The van der Waals surface area contributed by atoms with Crippen molar-refractivity contribution in [2.75, 3.05) is 18.4 Å². The van der Waals surface area contributed by atoms with Crippen LogP contribution in [0.4, 0.5) is 14.9 Å². The van der Waals surface area contributed by atoms with E-state index in [0.29, 0.717) is 6.42 Å². The summed E-state index contributed by atoms with van der Waals surface area (Å²) in [6, 6.07) is 14.6. The maximum Gasteiger partial charge on any atom is 0.327 e. The van der Waals surface area contributed by atoms with Crippen molar-refractivity contribution in [2.24, 2.45) is 5.92 Å². The number of hydrogen-bond donors (Lipinski definition) is 1. The highest BCUT2D eigenvalue weighted by atomic mass is 19.1. The number of hydrogen-bond acceptors (Lipinski definition) is 4. The largest absolute Gasteiger partial charge is 0.363 e. The minimum Gasteiger partial charge on any atom is -0.363 e. The normalized spacial score (nSPS) is 26.3. The van der Waals surface area contributed by atoms with Crippen LogP contribution >= 0.6 is 0 Å². The van der Waals surface area contributed by atoms with E-state index in [1.54, 1.807) is 12.1 Å². The molecular weight excluding hydrogens is 437 g/mol. The first-order chi connectivity index (χ1) is 16.5. The number of amides is 4. The van der Waals surface area contributed by atoms with Crippen molar-refractivity contribution in [2.45, 2.75) is 50.4 Å². The summed E-state index contributed by atoms with van der Waals surface area (Å²) in [5, 5.41) is 2.56. The van der Waals surface area contributed by atoms with Crippen molar-refractivity contribution < 1.29 is 23.5 Å².